The van der Waals surface area contributed by atoms with Crippen LogP contribution in [0.4, 0.5) is 0 Å². The van der Waals surface area contributed by atoms with Crippen LogP contribution in [0.2, 0.25) is 0 Å². The van der Waals surface area contributed by atoms with Crippen molar-refractivity contribution < 1.29 is 0 Å². The fourth-order valence-corrected chi connectivity index (χ4v) is 4.11. The Kier molecular flexibility index (Phi) is 3.24. The smallest absolute Gasteiger partial charge is 0.0336 e. The third kappa shape index (κ3) is 2.35. The van der Waals surface area contributed by atoms with E-state index in [9.17, 15) is 0 Å². The topological polar surface area (TPSA) is 30.9 Å². The summed E-state index contributed by atoms with van der Waals surface area (Å²) in [4.78, 5) is 0. The Balaban J connectivity index is 1.89. The molecule has 2 aliphatic rings. The van der Waals surface area contributed by atoms with E-state index in [1.165, 1.54) is 49.8 Å². The highest BCUT2D eigenvalue weighted by Crippen LogP contribution is 2.43. The van der Waals surface area contributed by atoms with Crippen molar-refractivity contribution in [2.75, 3.05) is 0 Å². The summed E-state index contributed by atoms with van der Waals surface area (Å²) >= 11 is 0. The van der Waals surface area contributed by atoms with Crippen molar-refractivity contribution in [1.82, 2.24) is 4.57 Å². The third-order valence-corrected chi connectivity index (χ3v) is 5.37. The van der Waals surface area contributed by atoms with Crippen molar-refractivity contribution in [2.45, 2.75) is 77.8 Å². The summed E-state index contributed by atoms with van der Waals surface area (Å²) in [7, 11) is 0. The van der Waals surface area contributed by atoms with Gasteiger partial charge in [0.05, 0.1) is 0 Å². The van der Waals surface area contributed by atoms with E-state index in [4.69, 9.17) is 5.73 Å². The fraction of sp³-hybridized carbons (Fsp3) is 0.765. The maximum Gasteiger partial charge on any atom is 0.0336 e. The van der Waals surface area contributed by atoms with E-state index in [1.54, 1.807) is 5.69 Å². The quantitative estimate of drug-likeness (QED) is 0.803. The number of hydrogen-bond acceptors (Lipinski definition) is 1. The van der Waals surface area contributed by atoms with Gasteiger partial charge in [0.1, 0.15) is 0 Å². The Morgan fingerprint density at radius 3 is 2.58 bits per heavy atom. The Morgan fingerprint density at radius 2 is 1.89 bits per heavy atom. The van der Waals surface area contributed by atoms with E-state index in [2.05, 4.69) is 31.4 Å². The Morgan fingerprint density at radius 1 is 1.21 bits per heavy atom. The van der Waals surface area contributed by atoms with Crippen LogP contribution in [0.3, 0.4) is 0 Å². The van der Waals surface area contributed by atoms with Crippen LogP contribution in [0.5, 0.6) is 0 Å². The van der Waals surface area contributed by atoms with Crippen molar-refractivity contribution in [2.24, 2.45) is 11.1 Å². The first-order valence-electron chi connectivity index (χ1n) is 7.94. The molecular weight excluding hydrogens is 232 g/mol. The summed E-state index contributed by atoms with van der Waals surface area (Å²) in [5, 5.41) is 0. The highest BCUT2D eigenvalue weighted by molar-refractivity contribution is 5.33. The second kappa shape index (κ2) is 4.66. The lowest BCUT2D eigenvalue weighted by Crippen LogP contribution is -2.26. The molecule has 0 spiro atoms. The van der Waals surface area contributed by atoms with E-state index < -0.39 is 0 Å². The van der Waals surface area contributed by atoms with Crippen LogP contribution in [-0.2, 0) is 6.42 Å². The molecule has 0 bridgehead atoms. The van der Waals surface area contributed by atoms with Crippen molar-refractivity contribution in [3.8, 4) is 0 Å². The lowest BCUT2D eigenvalue weighted by Gasteiger charge is -2.37. The third-order valence-electron chi connectivity index (χ3n) is 5.37. The fourth-order valence-electron chi connectivity index (χ4n) is 4.11. The minimum absolute atomic E-state index is 0.281. The molecule has 1 fully saturated rings. The number of nitrogens with two attached hydrogens (primary N) is 1. The Labute approximate surface area is 117 Å². The summed E-state index contributed by atoms with van der Waals surface area (Å²) in [6, 6.07) is 3.37. The zero-order valence-corrected chi connectivity index (χ0v) is 12.7. The van der Waals surface area contributed by atoms with Gasteiger partial charge in [0, 0.05) is 23.5 Å². The summed E-state index contributed by atoms with van der Waals surface area (Å²) in [6.45, 7) is 7.10. The molecule has 1 atom stereocenters. The molecule has 2 heteroatoms. The van der Waals surface area contributed by atoms with E-state index in [0.717, 1.165) is 12.5 Å². The highest BCUT2D eigenvalue weighted by Gasteiger charge is 2.31. The van der Waals surface area contributed by atoms with Gasteiger partial charge < -0.3 is 10.3 Å². The lowest BCUT2D eigenvalue weighted by molar-refractivity contribution is 0.190. The van der Waals surface area contributed by atoms with Crippen LogP contribution in [-0.4, -0.2) is 4.57 Å². The van der Waals surface area contributed by atoms with E-state index in [-0.39, 0.29) is 6.04 Å². The van der Waals surface area contributed by atoms with Crippen molar-refractivity contribution in [3.63, 3.8) is 0 Å². The predicted octanol–water partition coefficient (Wildman–Crippen LogP) is 4.27. The molecule has 2 aliphatic carbocycles. The molecule has 2 nitrogen and oxygen atoms in total. The molecule has 3 rings (SSSR count). The first-order valence-corrected chi connectivity index (χ1v) is 7.94. The van der Waals surface area contributed by atoms with Gasteiger partial charge in [-0.3, -0.25) is 0 Å². The number of nitrogens with zero attached hydrogens (tertiary/aromatic N) is 1. The maximum atomic E-state index is 6.29. The van der Waals surface area contributed by atoms with E-state index in [1.807, 2.05) is 0 Å². The van der Waals surface area contributed by atoms with Gasteiger partial charge in [0.15, 0.2) is 0 Å². The monoisotopic (exact) mass is 260 g/mol. The van der Waals surface area contributed by atoms with E-state index >= 15 is 0 Å². The van der Waals surface area contributed by atoms with Gasteiger partial charge in [-0.05, 0) is 68.9 Å². The molecule has 0 amide bonds. The zero-order valence-electron chi connectivity index (χ0n) is 12.7. The number of aryl methyl sites for hydroxylation is 1. The van der Waals surface area contributed by atoms with Crippen molar-refractivity contribution in [3.05, 3.63) is 23.0 Å². The molecule has 0 aliphatic heterocycles. The number of hydrogen-bond donors (Lipinski definition) is 1. The van der Waals surface area contributed by atoms with Crippen molar-refractivity contribution in [1.29, 1.82) is 0 Å². The highest BCUT2D eigenvalue weighted by atomic mass is 15.0. The number of fused-ring (bicyclic) bond motifs is 1. The molecular formula is C17H28N2. The first-order chi connectivity index (χ1) is 8.98. The Bertz CT molecular complexity index is 460. The molecule has 106 valence electrons. The standard InChI is InChI=1S/C17H28N2/c1-12-11-14-15(18)5-4-6-16(14)19(12)13-7-9-17(2,3)10-8-13/h11,13,15H,4-10,18H2,1-3H3. The summed E-state index contributed by atoms with van der Waals surface area (Å²) in [6.07, 6.45) is 9.04. The average Bonchev–Trinajstić information content (AvgIpc) is 2.68. The summed E-state index contributed by atoms with van der Waals surface area (Å²) in [5.74, 6) is 0. The number of rotatable bonds is 1. The molecule has 0 radical (unpaired) electrons. The normalized spacial score (nSPS) is 27.3. The van der Waals surface area contributed by atoms with Gasteiger partial charge in [-0.1, -0.05) is 13.8 Å². The van der Waals surface area contributed by atoms with E-state index in [0.29, 0.717) is 5.41 Å². The lowest BCUT2D eigenvalue weighted by atomic mass is 9.75. The van der Waals surface area contributed by atoms with Crippen LogP contribution < -0.4 is 5.73 Å². The SMILES string of the molecule is Cc1cc2c(n1C1CCC(C)(C)CC1)CCCC2N. The summed E-state index contributed by atoms with van der Waals surface area (Å²) < 4.78 is 2.64. The zero-order chi connectivity index (χ0) is 13.6. The molecule has 2 N–H and O–H groups in total. The minimum atomic E-state index is 0.281. The second-order valence-electron chi connectivity index (χ2n) is 7.45. The molecule has 1 heterocycles. The van der Waals surface area contributed by atoms with Crippen LogP contribution >= 0.6 is 0 Å². The van der Waals surface area contributed by atoms with Gasteiger partial charge in [-0.15, -0.1) is 0 Å². The van der Waals surface area contributed by atoms with Gasteiger partial charge in [0.2, 0.25) is 0 Å². The molecule has 0 saturated heterocycles. The average molecular weight is 260 g/mol. The largest absolute Gasteiger partial charge is 0.346 e. The van der Waals surface area contributed by atoms with Crippen LogP contribution in [0.15, 0.2) is 6.07 Å². The second-order valence-corrected chi connectivity index (χ2v) is 7.45. The van der Waals surface area contributed by atoms with Gasteiger partial charge in [0.25, 0.3) is 0 Å². The molecule has 1 aromatic rings. The van der Waals surface area contributed by atoms with Gasteiger partial charge in [-0.2, -0.15) is 0 Å². The van der Waals surface area contributed by atoms with Crippen LogP contribution in [0.1, 0.15) is 81.4 Å². The van der Waals surface area contributed by atoms with Crippen LogP contribution in [0.25, 0.3) is 0 Å². The molecule has 0 aromatic carbocycles. The molecule has 1 saturated carbocycles. The molecule has 1 aromatic heterocycles. The summed E-state index contributed by atoms with van der Waals surface area (Å²) in [5.41, 5.74) is 11.3. The first kappa shape index (κ1) is 13.2. The molecule has 1 unspecified atom stereocenters. The number of aromatic nitrogens is 1. The maximum absolute atomic E-state index is 6.29. The van der Waals surface area contributed by atoms with Gasteiger partial charge in [-0.25, -0.2) is 0 Å². The Hall–Kier alpha value is -0.760. The minimum Gasteiger partial charge on any atom is -0.346 e. The van der Waals surface area contributed by atoms with Gasteiger partial charge >= 0.3 is 0 Å². The predicted molar refractivity (Wildman–Crippen MR) is 80.3 cm³/mol. The van der Waals surface area contributed by atoms with Crippen molar-refractivity contribution >= 4 is 0 Å². The molecule has 19 heavy (non-hydrogen) atoms. The van der Waals surface area contributed by atoms with Crippen LogP contribution in [0, 0.1) is 12.3 Å².